The van der Waals surface area contributed by atoms with Crippen LogP contribution in [-0.2, 0) is 0 Å². The minimum Gasteiger partial charge on any atom is -0.493 e. The van der Waals surface area contributed by atoms with E-state index in [0.29, 0.717) is 0 Å². The van der Waals surface area contributed by atoms with Gasteiger partial charge in [-0.2, -0.15) is 26.3 Å². The average molecular weight is 302 g/mol. The molecule has 1 rings (SSSR count). The Hall–Kier alpha value is -1.44. The van der Waals surface area contributed by atoms with Gasteiger partial charge in [0.2, 0.25) is 0 Å². The number of alkyl halides is 6. The monoisotopic (exact) mass is 302 g/mol. The molecule has 1 aromatic carbocycles. The van der Waals surface area contributed by atoms with Gasteiger partial charge in [0.1, 0.15) is 11.9 Å². The first-order valence-corrected chi connectivity index (χ1v) is 5.62. The lowest BCUT2D eigenvalue weighted by Gasteiger charge is -2.28. The molecule has 1 aromatic rings. The zero-order chi connectivity index (χ0) is 15.6. The molecule has 0 heterocycles. The molecule has 0 radical (unpaired) electrons. The first kappa shape index (κ1) is 16.6. The van der Waals surface area contributed by atoms with Gasteiger partial charge in [-0.25, -0.2) is 0 Å². The number of rotatable bonds is 4. The third-order valence-electron chi connectivity index (χ3n) is 2.56. The number of halogens is 6. The van der Waals surface area contributed by atoms with Gasteiger partial charge in [0.05, 0.1) is 6.61 Å². The fourth-order valence-electron chi connectivity index (χ4n) is 1.73. The fraction of sp³-hybridized carbons (Fsp3) is 0.500. The van der Waals surface area contributed by atoms with Crippen molar-refractivity contribution >= 4 is 0 Å². The van der Waals surface area contributed by atoms with Crippen molar-refractivity contribution in [3.8, 4) is 5.75 Å². The second-order valence-corrected chi connectivity index (χ2v) is 3.98. The van der Waals surface area contributed by atoms with Crippen LogP contribution in [0.25, 0.3) is 0 Å². The van der Waals surface area contributed by atoms with Crippen molar-refractivity contribution in [1.82, 2.24) is 0 Å². The van der Waals surface area contributed by atoms with Crippen LogP contribution in [-0.4, -0.2) is 24.1 Å². The van der Waals surface area contributed by atoms with E-state index < -0.39 is 29.9 Å². The Morgan fingerprint density at radius 1 is 1.05 bits per heavy atom. The maximum Gasteiger partial charge on any atom is 0.403 e. The molecule has 0 spiro atoms. The summed E-state index contributed by atoms with van der Waals surface area (Å²) in [5, 5.41) is 9.54. The van der Waals surface area contributed by atoms with Gasteiger partial charge in [0.25, 0.3) is 0 Å². The Kier molecular flexibility index (Phi) is 4.90. The van der Waals surface area contributed by atoms with Gasteiger partial charge in [-0.3, -0.25) is 0 Å². The molecule has 1 atom stereocenters. The van der Waals surface area contributed by atoms with Crippen molar-refractivity contribution in [3.05, 3.63) is 29.8 Å². The molecule has 0 saturated heterocycles. The minimum atomic E-state index is -5.61. The second kappa shape index (κ2) is 5.90. The second-order valence-electron chi connectivity index (χ2n) is 3.98. The molecule has 0 aromatic heterocycles. The van der Waals surface area contributed by atoms with Crippen molar-refractivity contribution < 1.29 is 36.2 Å². The molecule has 0 fully saturated rings. The highest BCUT2D eigenvalue weighted by molar-refractivity contribution is 5.35. The molecule has 0 aliphatic carbocycles. The van der Waals surface area contributed by atoms with E-state index in [1.54, 1.807) is 0 Å². The van der Waals surface area contributed by atoms with Gasteiger partial charge in [-0.15, -0.1) is 0 Å². The van der Waals surface area contributed by atoms with Crippen LogP contribution in [0.1, 0.15) is 18.6 Å². The van der Waals surface area contributed by atoms with E-state index >= 15 is 0 Å². The topological polar surface area (TPSA) is 29.5 Å². The summed E-state index contributed by atoms with van der Waals surface area (Å²) in [5.41, 5.74) is -0.547. The molecule has 2 nitrogen and oxygen atoms in total. The van der Waals surface area contributed by atoms with Crippen molar-refractivity contribution in [1.29, 1.82) is 0 Å². The fourth-order valence-corrected chi connectivity index (χ4v) is 1.73. The molecule has 1 unspecified atom stereocenters. The van der Waals surface area contributed by atoms with Crippen LogP contribution < -0.4 is 4.74 Å². The summed E-state index contributed by atoms with van der Waals surface area (Å²) in [5.74, 6) is -4.07. The number of hydrogen-bond acceptors (Lipinski definition) is 2. The maximum atomic E-state index is 12.5. The molecule has 0 bridgehead atoms. The molecule has 1 N–H and O–H groups in total. The van der Waals surface area contributed by atoms with E-state index in [9.17, 15) is 31.4 Å². The Balaban J connectivity index is 3.23. The number of ether oxygens (including phenoxy) is 1. The molecule has 20 heavy (non-hydrogen) atoms. The largest absolute Gasteiger partial charge is 0.493 e. The summed E-state index contributed by atoms with van der Waals surface area (Å²) in [6, 6.07) is 4.79. The molecular formula is C12H12F6O2. The van der Waals surface area contributed by atoms with Crippen molar-refractivity contribution in [2.24, 2.45) is 5.92 Å². The van der Waals surface area contributed by atoms with Crippen LogP contribution in [0, 0.1) is 5.92 Å². The van der Waals surface area contributed by atoms with Gasteiger partial charge in [-0.1, -0.05) is 18.2 Å². The number of aliphatic hydroxyl groups excluding tert-OH is 1. The zero-order valence-corrected chi connectivity index (χ0v) is 10.3. The standard InChI is InChI=1S/C12H12F6O2/c1-2-20-8-6-4-3-5-7(8)9(19)10(11(13,14)15)12(16,17)18/h3-6,9-10,19H,2H2,1H3. The van der Waals surface area contributed by atoms with E-state index in [1.165, 1.54) is 25.1 Å². The smallest absolute Gasteiger partial charge is 0.403 e. The van der Waals surface area contributed by atoms with Crippen LogP contribution in [0.3, 0.4) is 0 Å². The van der Waals surface area contributed by atoms with Gasteiger partial charge in [0.15, 0.2) is 5.92 Å². The Labute approximate surface area is 111 Å². The van der Waals surface area contributed by atoms with Crippen molar-refractivity contribution in [3.63, 3.8) is 0 Å². The summed E-state index contributed by atoms with van der Waals surface area (Å²) < 4.78 is 80.2. The predicted molar refractivity (Wildman–Crippen MR) is 58.2 cm³/mol. The summed E-state index contributed by atoms with van der Waals surface area (Å²) in [4.78, 5) is 0. The Morgan fingerprint density at radius 2 is 1.55 bits per heavy atom. The number of para-hydroxylation sites is 1. The van der Waals surface area contributed by atoms with Crippen LogP contribution in [0.4, 0.5) is 26.3 Å². The molecule has 114 valence electrons. The van der Waals surface area contributed by atoms with Crippen LogP contribution >= 0.6 is 0 Å². The first-order chi connectivity index (χ1) is 9.09. The molecule has 8 heteroatoms. The van der Waals surface area contributed by atoms with E-state index in [-0.39, 0.29) is 12.4 Å². The minimum absolute atomic E-state index is 0.0481. The summed E-state index contributed by atoms with van der Waals surface area (Å²) in [6.45, 7) is 1.57. The molecule has 0 amide bonds. The lowest BCUT2D eigenvalue weighted by Crippen LogP contribution is -2.41. The highest BCUT2D eigenvalue weighted by Crippen LogP contribution is 2.47. The zero-order valence-electron chi connectivity index (χ0n) is 10.3. The third kappa shape index (κ3) is 3.78. The third-order valence-corrected chi connectivity index (χ3v) is 2.56. The lowest BCUT2D eigenvalue weighted by atomic mass is 9.94. The quantitative estimate of drug-likeness (QED) is 0.856. The maximum absolute atomic E-state index is 12.5. The highest BCUT2D eigenvalue weighted by atomic mass is 19.4. The highest BCUT2D eigenvalue weighted by Gasteiger charge is 2.60. The van der Waals surface area contributed by atoms with E-state index in [0.717, 1.165) is 6.07 Å². The number of aliphatic hydroxyl groups is 1. The summed E-state index contributed by atoms with van der Waals surface area (Å²) in [7, 11) is 0. The average Bonchev–Trinajstić information content (AvgIpc) is 2.26. The lowest BCUT2D eigenvalue weighted by molar-refractivity contribution is -0.307. The van der Waals surface area contributed by atoms with E-state index in [2.05, 4.69) is 0 Å². The van der Waals surface area contributed by atoms with Crippen molar-refractivity contribution in [2.75, 3.05) is 6.61 Å². The Bertz CT molecular complexity index is 426. The summed E-state index contributed by atoms with van der Waals surface area (Å²) >= 11 is 0. The SMILES string of the molecule is CCOc1ccccc1C(O)C(C(F)(F)F)C(F)(F)F. The van der Waals surface area contributed by atoms with Gasteiger partial charge in [-0.05, 0) is 13.0 Å². The molecule has 0 aliphatic heterocycles. The van der Waals surface area contributed by atoms with E-state index in [1.807, 2.05) is 0 Å². The van der Waals surface area contributed by atoms with Gasteiger partial charge >= 0.3 is 12.4 Å². The number of benzene rings is 1. The molecular weight excluding hydrogens is 290 g/mol. The summed E-state index contributed by atoms with van der Waals surface area (Å²) in [6.07, 6.45) is -14.0. The molecule has 0 aliphatic rings. The number of hydrogen-bond donors (Lipinski definition) is 1. The van der Waals surface area contributed by atoms with Gasteiger partial charge < -0.3 is 9.84 Å². The van der Waals surface area contributed by atoms with Crippen LogP contribution in [0.15, 0.2) is 24.3 Å². The first-order valence-electron chi connectivity index (χ1n) is 5.62. The predicted octanol–water partition coefficient (Wildman–Crippen LogP) is 3.86. The van der Waals surface area contributed by atoms with Crippen LogP contribution in [0.5, 0.6) is 5.75 Å². The molecule has 0 saturated carbocycles. The normalized spacial score (nSPS) is 14.4. The Morgan fingerprint density at radius 3 is 2.00 bits per heavy atom. The van der Waals surface area contributed by atoms with Gasteiger partial charge in [0, 0.05) is 5.56 Å². The van der Waals surface area contributed by atoms with E-state index in [4.69, 9.17) is 4.74 Å². The van der Waals surface area contributed by atoms with Crippen molar-refractivity contribution in [2.45, 2.75) is 25.4 Å². The van der Waals surface area contributed by atoms with Crippen LogP contribution in [0.2, 0.25) is 0 Å².